The predicted molar refractivity (Wildman–Crippen MR) is 62.4 cm³/mol. The molecule has 2 N–H and O–H groups in total. The van der Waals surface area contributed by atoms with Crippen molar-refractivity contribution in [1.82, 2.24) is 10.7 Å². The Morgan fingerprint density at radius 1 is 1.75 bits per heavy atom. The van der Waals surface area contributed by atoms with Gasteiger partial charge in [0.2, 0.25) is 0 Å². The highest BCUT2D eigenvalue weighted by Gasteiger charge is 2.09. The van der Waals surface area contributed by atoms with Crippen molar-refractivity contribution in [2.45, 2.75) is 6.92 Å². The second-order valence-electron chi connectivity index (χ2n) is 2.66. The second-order valence-corrected chi connectivity index (χ2v) is 3.07. The third kappa shape index (κ3) is 3.65. The van der Waals surface area contributed by atoms with Crippen LogP contribution in [0.3, 0.4) is 0 Å². The van der Waals surface area contributed by atoms with E-state index in [2.05, 4.69) is 15.8 Å². The summed E-state index contributed by atoms with van der Waals surface area (Å²) in [5, 5.41) is 17.2. The topological polar surface area (TPSA) is 92.7 Å². The Hall–Kier alpha value is -1.96. The number of nitrogens with one attached hydrogen (secondary N) is 2. The van der Waals surface area contributed by atoms with Crippen molar-refractivity contribution in [1.29, 1.82) is 0 Å². The lowest BCUT2D eigenvalue weighted by atomic mass is 10.5. The van der Waals surface area contributed by atoms with Gasteiger partial charge in [-0.3, -0.25) is 15.5 Å². The summed E-state index contributed by atoms with van der Waals surface area (Å²) in [6.07, 6.45) is 1.30. The van der Waals surface area contributed by atoms with Gasteiger partial charge in [0.25, 0.3) is 0 Å². The normalized spacial score (nSPS) is 10.3. The molecule has 0 spiro atoms. The Morgan fingerprint density at radius 2 is 2.50 bits per heavy atom. The number of nitro groups is 1. The molecule has 0 aromatic carbocycles. The lowest BCUT2D eigenvalue weighted by Crippen LogP contribution is -2.31. The van der Waals surface area contributed by atoms with Crippen molar-refractivity contribution in [2.24, 2.45) is 5.10 Å². The number of thiocarbonyl (C=S) groups is 1. The molecule has 7 nitrogen and oxygen atoms in total. The average Bonchev–Trinajstić information content (AvgIpc) is 2.67. The molecule has 0 aliphatic heterocycles. The van der Waals surface area contributed by atoms with E-state index in [0.717, 1.165) is 0 Å². The molecule has 1 aromatic heterocycles. The average molecular weight is 242 g/mol. The number of rotatable bonds is 4. The fraction of sp³-hybridized carbons (Fsp3) is 0.250. The fourth-order valence-electron chi connectivity index (χ4n) is 0.864. The Labute approximate surface area is 96.7 Å². The van der Waals surface area contributed by atoms with Crippen LogP contribution in [0, 0.1) is 10.1 Å². The van der Waals surface area contributed by atoms with Crippen LogP contribution >= 0.6 is 12.2 Å². The van der Waals surface area contributed by atoms with Crippen LogP contribution in [0.5, 0.6) is 0 Å². The van der Waals surface area contributed by atoms with Gasteiger partial charge in [0.1, 0.15) is 4.92 Å². The largest absolute Gasteiger partial charge is 0.433 e. The van der Waals surface area contributed by atoms with Gasteiger partial charge in [-0.05, 0) is 25.2 Å². The molecule has 0 unspecified atom stereocenters. The summed E-state index contributed by atoms with van der Waals surface area (Å²) in [5.41, 5.74) is 2.53. The first-order valence-electron chi connectivity index (χ1n) is 4.44. The molecule has 86 valence electrons. The molecule has 0 saturated heterocycles. The maximum atomic E-state index is 10.3. The Kier molecular flexibility index (Phi) is 4.40. The molecule has 0 amide bonds. The van der Waals surface area contributed by atoms with E-state index in [9.17, 15) is 10.1 Å². The van der Waals surface area contributed by atoms with Crippen LogP contribution < -0.4 is 10.7 Å². The van der Waals surface area contributed by atoms with Crippen molar-refractivity contribution in [3.63, 3.8) is 0 Å². The number of furan rings is 1. The highest BCUT2D eigenvalue weighted by atomic mass is 32.1. The molecule has 0 bridgehead atoms. The van der Waals surface area contributed by atoms with Crippen molar-refractivity contribution in [3.8, 4) is 0 Å². The molecule has 1 aromatic rings. The van der Waals surface area contributed by atoms with Gasteiger partial charge in [-0.25, -0.2) is 0 Å². The van der Waals surface area contributed by atoms with E-state index in [1.165, 1.54) is 18.3 Å². The van der Waals surface area contributed by atoms with E-state index in [0.29, 0.717) is 11.7 Å². The van der Waals surface area contributed by atoms with Crippen LogP contribution in [-0.2, 0) is 0 Å². The van der Waals surface area contributed by atoms with Gasteiger partial charge >= 0.3 is 5.88 Å². The van der Waals surface area contributed by atoms with Gasteiger partial charge < -0.3 is 9.73 Å². The zero-order chi connectivity index (χ0) is 12.0. The zero-order valence-corrected chi connectivity index (χ0v) is 9.28. The third-order valence-corrected chi connectivity index (χ3v) is 1.72. The predicted octanol–water partition coefficient (Wildman–Crippen LogP) is 1.01. The number of hydrazone groups is 1. The van der Waals surface area contributed by atoms with Gasteiger partial charge in [-0.15, -0.1) is 0 Å². The van der Waals surface area contributed by atoms with Crippen molar-refractivity contribution in [3.05, 3.63) is 28.0 Å². The molecule has 8 heteroatoms. The van der Waals surface area contributed by atoms with Crippen molar-refractivity contribution in [2.75, 3.05) is 6.54 Å². The molecule has 1 rings (SSSR count). The standard InChI is InChI=1S/C8H10N4O3S/c1-2-9-8(16)11-10-5-6-3-4-7(15-6)12(13)14/h3-5H,2H2,1H3,(H2,9,11,16). The SMILES string of the molecule is CCNC(=S)NN=Cc1ccc([N+](=O)[O-])o1. The minimum atomic E-state index is -0.617. The smallest absolute Gasteiger partial charge is 0.400 e. The van der Waals surface area contributed by atoms with Crippen molar-refractivity contribution < 1.29 is 9.34 Å². The summed E-state index contributed by atoms with van der Waals surface area (Å²) in [6.45, 7) is 2.58. The summed E-state index contributed by atoms with van der Waals surface area (Å²) < 4.78 is 4.83. The molecule has 0 atom stereocenters. The summed E-state index contributed by atoms with van der Waals surface area (Å²) in [6, 6.07) is 2.70. The molecule has 16 heavy (non-hydrogen) atoms. The van der Waals surface area contributed by atoms with Crippen molar-refractivity contribution >= 4 is 29.4 Å². The van der Waals surface area contributed by atoms with Gasteiger partial charge in [-0.2, -0.15) is 5.10 Å². The first-order chi connectivity index (χ1) is 7.63. The molecule has 0 saturated carbocycles. The Morgan fingerprint density at radius 3 is 3.06 bits per heavy atom. The molecule has 0 aliphatic carbocycles. The van der Waals surface area contributed by atoms with Gasteiger partial charge in [0.15, 0.2) is 10.9 Å². The van der Waals surface area contributed by atoms with E-state index < -0.39 is 4.92 Å². The summed E-state index contributed by atoms with van der Waals surface area (Å²) >= 11 is 4.84. The highest BCUT2D eigenvalue weighted by molar-refractivity contribution is 7.80. The van der Waals surface area contributed by atoms with Gasteiger partial charge in [-0.1, -0.05) is 0 Å². The molecule has 0 radical (unpaired) electrons. The first kappa shape index (κ1) is 12.1. The molecule has 0 fully saturated rings. The van der Waals surface area contributed by atoms with Crippen LogP contribution in [0.4, 0.5) is 5.88 Å². The Bertz CT molecular complexity index is 415. The van der Waals surface area contributed by atoms with Crippen LogP contribution in [0.15, 0.2) is 21.7 Å². The van der Waals surface area contributed by atoms with E-state index in [1.54, 1.807) is 0 Å². The zero-order valence-electron chi connectivity index (χ0n) is 8.47. The molecule has 1 heterocycles. The Balaban J connectivity index is 2.50. The monoisotopic (exact) mass is 242 g/mol. The van der Waals surface area contributed by atoms with Crippen LogP contribution in [0.25, 0.3) is 0 Å². The molecular weight excluding hydrogens is 232 g/mol. The van der Waals surface area contributed by atoms with E-state index in [4.69, 9.17) is 16.6 Å². The van der Waals surface area contributed by atoms with Gasteiger partial charge in [0.05, 0.1) is 12.3 Å². The van der Waals surface area contributed by atoms with E-state index >= 15 is 0 Å². The molecular formula is C8H10N4O3S. The number of nitrogens with zero attached hydrogens (tertiary/aromatic N) is 2. The summed E-state index contributed by atoms with van der Waals surface area (Å²) in [7, 11) is 0. The summed E-state index contributed by atoms with van der Waals surface area (Å²) in [5.74, 6) is -0.0470. The van der Waals surface area contributed by atoms with E-state index in [-0.39, 0.29) is 11.6 Å². The lowest BCUT2D eigenvalue weighted by molar-refractivity contribution is -0.402. The summed E-state index contributed by atoms with van der Waals surface area (Å²) in [4.78, 5) is 9.69. The minimum absolute atomic E-state index is 0.276. The highest BCUT2D eigenvalue weighted by Crippen LogP contribution is 2.13. The maximum Gasteiger partial charge on any atom is 0.433 e. The fourth-order valence-corrected chi connectivity index (χ4v) is 1.06. The van der Waals surface area contributed by atoms with Crippen LogP contribution in [0.1, 0.15) is 12.7 Å². The first-order valence-corrected chi connectivity index (χ1v) is 4.85. The third-order valence-electron chi connectivity index (χ3n) is 1.49. The van der Waals surface area contributed by atoms with Gasteiger partial charge in [0, 0.05) is 6.54 Å². The molecule has 0 aliphatic rings. The number of hydrogen-bond acceptors (Lipinski definition) is 5. The van der Waals surface area contributed by atoms with E-state index in [1.807, 2.05) is 6.92 Å². The van der Waals surface area contributed by atoms with Crippen LogP contribution in [-0.4, -0.2) is 22.8 Å². The second kappa shape index (κ2) is 5.81. The van der Waals surface area contributed by atoms with Crippen LogP contribution in [0.2, 0.25) is 0 Å². The lowest BCUT2D eigenvalue weighted by Gasteiger charge is -2.01. The maximum absolute atomic E-state index is 10.3. The minimum Gasteiger partial charge on any atom is -0.400 e. The quantitative estimate of drug-likeness (QED) is 0.354. The number of hydrogen-bond donors (Lipinski definition) is 2.